The van der Waals surface area contributed by atoms with Gasteiger partial charge in [-0.2, -0.15) is 0 Å². The van der Waals surface area contributed by atoms with Gasteiger partial charge in [0.15, 0.2) is 0 Å². The minimum atomic E-state index is 0.588. The lowest BCUT2D eigenvalue weighted by atomic mass is 10.2. The number of hydrogen-bond donors (Lipinski definition) is 1. The molecule has 0 heterocycles. The van der Waals surface area contributed by atoms with Crippen molar-refractivity contribution < 1.29 is 0 Å². The molecule has 2 aromatic carbocycles. The Kier molecular flexibility index (Phi) is 4.81. The summed E-state index contributed by atoms with van der Waals surface area (Å²) in [5.41, 5.74) is 2.25. The Balaban J connectivity index is 2.09. The zero-order valence-corrected chi connectivity index (χ0v) is 12.2. The second-order valence-electron chi connectivity index (χ2n) is 3.80. The second kappa shape index (κ2) is 6.37. The highest BCUT2D eigenvalue weighted by Crippen LogP contribution is 2.26. The molecule has 0 saturated carbocycles. The molecule has 0 fully saturated rings. The van der Waals surface area contributed by atoms with Gasteiger partial charge in [0.1, 0.15) is 0 Å². The van der Waals surface area contributed by atoms with Crippen molar-refractivity contribution in [1.82, 2.24) is 0 Å². The Hall–Kier alpha value is -0.830. The smallest absolute Gasteiger partial charge is 0.0595 e. The highest BCUT2D eigenvalue weighted by Gasteiger charge is 2.02. The molecule has 0 radical (unpaired) electrons. The van der Waals surface area contributed by atoms with Crippen molar-refractivity contribution >= 4 is 40.7 Å². The number of thioether (sulfide) groups is 1. The van der Waals surface area contributed by atoms with Crippen LogP contribution < -0.4 is 5.32 Å². The molecular weight excluding hydrogens is 285 g/mol. The van der Waals surface area contributed by atoms with E-state index in [4.69, 9.17) is 23.2 Å². The fraction of sp³-hybridized carbons (Fsp3) is 0.143. The maximum absolute atomic E-state index is 5.99. The molecule has 0 aliphatic carbocycles. The van der Waals surface area contributed by atoms with E-state index in [2.05, 4.69) is 23.7 Å². The van der Waals surface area contributed by atoms with E-state index in [0.717, 1.165) is 17.8 Å². The van der Waals surface area contributed by atoms with Crippen LogP contribution >= 0.6 is 35.0 Å². The Morgan fingerprint density at radius 2 is 1.83 bits per heavy atom. The molecule has 0 bridgehead atoms. The predicted octanol–water partition coefficient (Wildman–Crippen LogP) is 5.33. The van der Waals surface area contributed by atoms with Crippen LogP contribution in [0.2, 0.25) is 10.0 Å². The summed E-state index contributed by atoms with van der Waals surface area (Å²) in [7, 11) is 0. The van der Waals surface area contributed by atoms with E-state index in [0.29, 0.717) is 10.0 Å². The zero-order valence-electron chi connectivity index (χ0n) is 9.91. The number of rotatable bonds is 4. The molecule has 0 saturated heterocycles. The SMILES string of the molecule is CSc1ccccc1NCc1ccc(Cl)c(Cl)c1. The Bertz CT molecular complexity index is 543. The molecule has 0 aliphatic heterocycles. The molecule has 0 aliphatic rings. The van der Waals surface area contributed by atoms with E-state index in [1.54, 1.807) is 11.8 Å². The van der Waals surface area contributed by atoms with Crippen LogP contribution in [0.5, 0.6) is 0 Å². The molecule has 0 spiro atoms. The van der Waals surface area contributed by atoms with Crippen molar-refractivity contribution in [3.63, 3.8) is 0 Å². The number of nitrogens with one attached hydrogen (secondary N) is 1. The van der Waals surface area contributed by atoms with Crippen molar-refractivity contribution in [2.45, 2.75) is 11.4 Å². The largest absolute Gasteiger partial charge is 0.380 e. The van der Waals surface area contributed by atoms with Crippen molar-refractivity contribution in [2.75, 3.05) is 11.6 Å². The summed E-state index contributed by atoms with van der Waals surface area (Å²) in [5, 5.41) is 4.58. The van der Waals surface area contributed by atoms with Gasteiger partial charge < -0.3 is 5.32 Å². The highest BCUT2D eigenvalue weighted by atomic mass is 35.5. The lowest BCUT2D eigenvalue weighted by molar-refractivity contribution is 1.13. The minimum absolute atomic E-state index is 0.588. The molecule has 2 aromatic rings. The van der Waals surface area contributed by atoms with Crippen molar-refractivity contribution in [1.29, 1.82) is 0 Å². The van der Waals surface area contributed by atoms with Crippen LogP contribution in [-0.2, 0) is 6.54 Å². The van der Waals surface area contributed by atoms with Gasteiger partial charge in [-0.05, 0) is 36.1 Å². The van der Waals surface area contributed by atoms with Crippen LogP contribution in [0.3, 0.4) is 0 Å². The fourth-order valence-electron chi connectivity index (χ4n) is 1.64. The molecule has 1 N–H and O–H groups in total. The van der Waals surface area contributed by atoms with Crippen LogP contribution in [0.1, 0.15) is 5.56 Å². The van der Waals surface area contributed by atoms with Crippen LogP contribution in [0.15, 0.2) is 47.4 Å². The van der Waals surface area contributed by atoms with Gasteiger partial charge in [0.2, 0.25) is 0 Å². The van der Waals surface area contributed by atoms with E-state index in [-0.39, 0.29) is 0 Å². The first-order valence-corrected chi connectivity index (χ1v) is 7.49. The van der Waals surface area contributed by atoms with Crippen LogP contribution in [0, 0.1) is 0 Å². The number of para-hydroxylation sites is 1. The molecule has 0 amide bonds. The van der Waals surface area contributed by atoms with Gasteiger partial charge in [-0.15, -0.1) is 11.8 Å². The lowest BCUT2D eigenvalue weighted by Crippen LogP contribution is -2.00. The zero-order chi connectivity index (χ0) is 13.0. The summed E-state index contributed by atoms with van der Waals surface area (Å²) in [5.74, 6) is 0. The van der Waals surface area contributed by atoms with Gasteiger partial charge >= 0.3 is 0 Å². The van der Waals surface area contributed by atoms with Gasteiger partial charge in [0.05, 0.1) is 10.0 Å². The number of benzene rings is 2. The molecule has 18 heavy (non-hydrogen) atoms. The quantitative estimate of drug-likeness (QED) is 0.766. The average molecular weight is 298 g/mol. The molecule has 1 nitrogen and oxygen atoms in total. The van der Waals surface area contributed by atoms with E-state index < -0.39 is 0 Å². The summed E-state index contributed by atoms with van der Waals surface area (Å²) in [6.45, 7) is 0.731. The van der Waals surface area contributed by atoms with Gasteiger partial charge in [-0.3, -0.25) is 0 Å². The summed E-state index contributed by atoms with van der Waals surface area (Å²) in [6.07, 6.45) is 2.07. The van der Waals surface area contributed by atoms with Crippen molar-refractivity contribution in [2.24, 2.45) is 0 Å². The lowest BCUT2D eigenvalue weighted by Gasteiger charge is -2.10. The summed E-state index contributed by atoms with van der Waals surface area (Å²) >= 11 is 13.6. The molecule has 0 unspecified atom stereocenters. The number of hydrogen-bond acceptors (Lipinski definition) is 2. The Morgan fingerprint density at radius 3 is 2.56 bits per heavy atom. The van der Waals surface area contributed by atoms with E-state index in [1.807, 2.05) is 30.3 Å². The molecular formula is C14H13Cl2NS. The van der Waals surface area contributed by atoms with E-state index in [9.17, 15) is 0 Å². The summed E-state index contributed by atoms with van der Waals surface area (Å²) in [6, 6.07) is 13.9. The van der Waals surface area contributed by atoms with Gasteiger partial charge in [0.25, 0.3) is 0 Å². The van der Waals surface area contributed by atoms with E-state index in [1.165, 1.54) is 4.90 Å². The third-order valence-corrected chi connectivity index (χ3v) is 4.11. The monoisotopic (exact) mass is 297 g/mol. The van der Waals surface area contributed by atoms with Crippen molar-refractivity contribution in [3.05, 3.63) is 58.1 Å². The number of halogens is 2. The van der Waals surface area contributed by atoms with Gasteiger partial charge in [-0.1, -0.05) is 41.4 Å². The first-order chi connectivity index (χ1) is 8.70. The normalized spacial score (nSPS) is 10.4. The minimum Gasteiger partial charge on any atom is -0.380 e. The fourth-order valence-corrected chi connectivity index (χ4v) is 2.53. The first kappa shape index (κ1) is 13.6. The standard InChI is InChI=1S/C14H13Cl2NS/c1-18-14-5-3-2-4-13(14)17-9-10-6-7-11(15)12(16)8-10/h2-8,17H,9H2,1H3. The first-order valence-electron chi connectivity index (χ1n) is 5.51. The third-order valence-electron chi connectivity index (χ3n) is 2.57. The predicted molar refractivity (Wildman–Crippen MR) is 82.0 cm³/mol. The molecule has 2 rings (SSSR count). The molecule has 94 valence electrons. The second-order valence-corrected chi connectivity index (χ2v) is 5.46. The van der Waals surface area contributed by atoms with Gasteiger partial charge in [-0.25, -0.2) is 0 Å². The average Bonchev–Trinajstić information content (AvgIpc) is 2.40. The third kappa shape index (κ3) is 3.35. The summed E-state index contributed by atoms with van der Waals surface area (Å²) in [4.78, 5) is 1.23. The van der Waals surface area contributed by atoms with Crippen LogP contribution in [-0.4, -0.2) is 6.26 Å². The molecule has 0 aromatic heterocycles. The highest BCUT2D eigenvalue weighted by molar-refractivity contribution is 7.98. The number of anilines is 1. The van der Waals surface area contributed by atoms with Crippen molar-refractivity contribution in [3.8, 4) is 0 Å². The Morgan fingerprint density at radius 1 is 1.06 bits per heavy atom. The summed E-state index contributed by atoms with van der Waals surface area (Å²) < 4.78 is 0. The molecule has 0 atom stereocenters. The maximum atomic E-state index is 5.99. The molecule has 4 heteroatoms. The Labute approximate surface area is 121 Å². The maximum Gasteiger partial charge on any atom is 0.0595 e. The van der Waals surface area contributed by atoms with E-state index >= 15 is 0 Å². The van der Waals surface area contributed by atoms with Crippen LogP contribution in [0.4, 0.5) is 5.69 Å². The topological polar surface area (TPSA) is 12.0 Å². The van der Waals surface area contributed by atoms with Gasteiger partial charge in [0, 0.05) is 17.1 Å². The van der Waals surface area contributed by atoms with Crippen LogP contribution in [0.25, 0.3) is 0 Å².